The van der Waals surface area contributed by atoms with Crippen LogP contribution in [0.2, 0.25) is 0 Å². The lowest BCUT2D eigenvalue weighted by Crippen LogP contribution is -2.28. The highest BCUT2D eigenvalue weighted by atomic mass is 79.9. The molecule has 22 heavy (non-hydrogen) atoms. The van der Waals surface area contributed by atoms with Crippen LogP contribution in [-0.2, 0) is 0 Å². The number of carbonyl (C=O) groups excluding carboxylic acids is 1. The second-order valence-corrected chi connectivity index (χ2v) is 6.00. The van der Waals surface area contributed by atoms with Crippen molar-refractivity contribution in [3.8, 4) is 0 Å². The van der Waals surface area contributed by atoms with Crippen molar-refractivity contribution in [3.63, 3.8) is 0 Å². The molecular formula is C15H12Br2N4O. The molecule has 0 atom stereocenters. The molecule has 0 unspecified atom stereocenters. The molecule has 2 rings (SSSR count). The molecule has 7 heteroatoms. The Bertz CT molecular complexity index is 622. The predicted molar refractivity (Wildman–Crippen MR) is 95.1 cm³/mol. The molecule has 0 fully saturated rings. The molecule has 2 N–H and O–H groups in total. The van der Waals surface area contributed by atoms with E-state index in [-0.39, 0.29) is 0 Å². The van der Waals surface area contributed by atoms with Gasteiger partial charge in [0.1, 0.15) is 0 Å². The molecule has 5 nitrogen and oxygen atoms in total. The Morgan fingerprint density at radius 3 is 1.50 bits per heavy atom. The minimum atomic E-state index is -0.512. The maximum absolute atomic E-state index is 11.5. The highest BCUT2D eigenvalue weighted by Crippen LogP contribution is 2.09. The van der Waals surface area contributed by atoms with Crippen LogP contribution in [0.25, 0.3) is 0 Å². The van der Waals surface area contributed by atoms with Gasteiger partial charge in [0, 0.05) is 8.95 Å². The standard InChI is InChI=1S/C15H12Br2N4O/c16-13-5-1-11(2-6-13)9-18-20-15(22)21-19-10-12-3-7-14(17)8-4-12/h1-10H,(H2,20,21,22)/b18-9-,19-10-. The molecule has 2 amide bonds. The number of urea groups is 1. The molecule has 0 radical (unpaired) electrons. The van der Waals surface area contributed by atoms with Crippen molar-refractivity contribution in [2.75, 3.05) is 0 Å². The lowest BCUT2D eigenvalue weighted by atomic mass is 10.2. The summed E-state index contributed by atoms with van der Waals surface area (Å²) in [5.74, 6) is 0. The van der Waals surface area contributed by atoms with Crippen LogP contribution < -0.4 is 10.9 Å². The Morgan fingerprint density at radius 2 is 1.14 bits per heavy atom. The lowest BCUT2D eigenvalue weighted by molar-refractivity contribution is 0.242. The van der Waals surface area contributed by atoms with Gasteiger partial charge in [-0.05, 0) is 35.4 Å². The molecule has 0 aliphatic carbocycles. The maximum Gasteiger partial charge on any atom is 0.355 e. The zero-order chi connectivity index (χ0) is 15.8. The van der Waals surface area contributed by atoms with E-state index in [1.165, 1.54) is 0 Å². The molecule has 0 aliphatic heterocycles. The van der Waals surface area contributed by atoms with Crippen molar-refractivity contribution >= 4 is 50.3 Å². The quantitative estimate of drug-likeness (QED) is 0.568. The number of rotatable bonds is 4. The number of carbonyl (C=O) groups is 1. The monoisotopic (exact) mass is 422 g/mol. The van der Waals surface area contributed by atoms with Gasteiger partial charge < -0.3 is 0 Å². The minimum absolute atomic E-state index is 0.512. The van der Waals surface area contributed by atoms with Gasteiger partial charge in [-0.15, -0.1) is 0 Å². The zero-order valence-electron chi connectivity index (χ0n) is 11.3. The van der Waals surface area contributed by atoms with E-state index in [2.05, 4.69) is 52.9 Å². The molecule has 2 aromatic rings. The second-order valence-electron chi connectivity index (χ2n) is 4.17. The summed E-state index contributed by atoms with van der Waals surface area (Å²) in [5.41, 5.74) is 6.41. The van der Waals surface area contributed by atoms with E-state index in [1.54, 1.807) is 12.4 Å². The van der Waals surface area contributed by atoms with Crippen molar-refractivity contribution in [2.24, 2.45) is 10.2 Å². The maximum atomic E-state index is 11.5. The summed E-state index contributed by atoms with van der Waals surface area (Å²) < 4.78 is 1.97. The molecule has 0 aromatic heterocycles. The van der Waals surface area contributed by atoms with Gasteiger partial charge in [0.15, 0.2) is 0 Å². The molecule has 0 heterocycles. The summed E-state index contributed by atoms with van der Waals surface area (Å²) >= 11 is 6.69. The first-order valence-electron chi connectivity index (χ1n) is 6.27. The van der Waals surface area contributed by atoms with E-state index in [0.29, 0.717) is 0 Å². The molecule has 0 saturated carbocycles. The molecular weight excluding hydrogens is 412 g/mol. The third-order valence-electron chi connectivity index (χ3n) is 2.50. The summed E-state index contributed by atoms with van der Waals surface area (Å²) in [5, 5.41) is 7.65. The van der Waals surface area contributed by atoms with E-state index in [9.17, 15) is 4.79 Å². The molecule has 0 bridgehead atoms. The number of hydrogen-bond donors (Lipinski definition) is 2. The van der Waals surface area contributed by atoms with Crippen molar-refractivity contribution in [3.05, 3.63) is 68.6 Å². The Kier molecular flexibility index (Phi) is 6.29. The van der Waals surface area contributed by atoms with Gasteiger partial charge in [-0.25, -0.2) is 15.6 Å². The van der Waals surface area contributed by atoms with Crippen LogP contribution >= 0.6 is 31.9 Å². The molecule has 0 saturated heterocycles. The first kappa shape index (κ1) is 16.4. The number of nitrogens with one attached hydrogen (secondary N) is 2. The third-order valence-corrected chi connectivity index (χ3v) is 3.56. The van der Waals surface area contributed by atoms with Gasteiger partial charge in [0.05, 0.1) is 12.4 Å². The van der Waals surface area contributed by atoms with Crippen LogP contribution in [0.5, 0.6) is 0 Å². The van der Waals surface area contributed by atoms with Crippen LogP contribution in [0.1, 0.15) is 11.1 Å². The average Bonchev–Trinajstić information content (AvgIpc) is 2.51. The summed E-state index contributed by atoms with van der Waals surface area (Å²) in [6.45, 7) is 0. The predicted octanol–water partition coefficient (Wildman–Crippen LogP) is 3.88. The van der Waals surface area contributed by atoms with Gasteiger partial charge in [-0.3, -0.25) is 0 Å². The highest BCUT2D eigenvalue weighted by molar-refractivity contribution is 9.10. The molecule has 2 aromatic carbocycles. The summed E-state index contributed by atoms with van der Waals surface area (Å²) in [7, 11) is 0. The van der Waals surface area contributed by atoms with Gasteiger partial charge in [0.2, 0.25) is 0 Å². The third kappa shape index (κ3) is 5.79. The number of hydrazone groups is 2. The number of hydrogen-bond acceptors (Lipinski definition) is 3. The number of benzene rings is 2. The first-order chi connectivity index (χ1) is 10.6. The van der Waals surface area contributed by atoms with Crippen molar-refractivity contribution < 1.29 is 4.79 Å². The number of amides is 2. The van der Waals surface area contributed by atoms with E-state index < -0.39 is 6.03 Å². The largest absolute Gasteiger partial charge is 0.355 e. The van der Waals surface area contributed by atoms with Crippen molar-refractivity contribution in [1.82, 2.24) is 10.9 Å². The Labute approximate surface area is 144 Å². The highest BCUT2D eigenvalue weighted by Gasteiger charge is 1.94. The van der Waals surface area contributed by atoms with Crippen molar-refractivity contribution in [1.29, 1.82) is 0 Å². The van der Waals surface area contributed by atoms with E-state index in [0.717, 1.165) is 20.1 Å². The fourth-order valence-electron chi connectivity index (χ4n) is 1.45. The topological polar surface area (TPSA) is 65.8 Å². The fourth-order valence-corrected chi connectivity index (χ4v) is 1.98. The van der Waals surface area contributed by atoms with Gasteiger partial charge in [-0.2, -0.15) is 10.2 Å². The Morgan fingerprint density at radius 1 is 0.773 bits per heavy atom. The molecule has 0 aliphatic rings. The normalized spacial score (nSPS) is 11.0. The lowest BCUT2D eigenvalue weighted by Gasteiger charge is -1.98. The Hall–Kier alpha value is -1.99. The first-order valence-corrected chi connectivity index (χ1v) is 7.85. The average molecular weight is 424 g/mol. The van der Waals surface area contributed by atoms with Crippen LogP contribution in [0.4, 0.5) is 4.79 Å². The Balaban J connectivity index is 1.78. The van der Waals surface area contributed by atoms with Crippen LogP contribution in [-0.4, -0.2) is 18.5 Å². The van der Waals surface area contributed by atoms with E-state index >= 15 is 0 Å². The van der Waals surface area contributed by atoms with Crippen LogP contribution in [0.15, 0.2) is 67.7 Å². The molecule has 0 spiro atoms. The SMILES string of the molecule is O=C(N/N=C\c1ccc(Br)cc1)N/N=C\c1ccc(Br)cc1. The number of halogens is 2. The van der Waals surface area contributed by atoms with Crippen LogP contribution in [0.3, 0.4) is 0 Å². The van der Waals surface area contributed by atoms with E-state index in [1.807, 2.05) is 48.5 Å². The fraction of sp³-hybridized carbons (Fsp3) is 0. The van der Waals surface area contributed by atoms with Gasteiger partial charge >= 0.3 is 6.03 Å². The van der Waals surface area contributed by atoms with E-state index in [4.69, 9.17) is 0 Å². The summed E-state index contributed by atoms with van der Waals surface area (Å²) in [4.78, 5) is 11.5. The minimum Gasteiger partial charge on any atom is -0.245 e. The number of nitrogens with zero attached hydrogens (tertiary/aromatic N) is 2. The smallest absolute Gasteiger partial charge is 0.245 e. The zero-order valence-corrected chi connectivity index (χ0v) is 14.5. The second kappa shape index (κ2) is 8.45. The summed E-state index contributed by atoms with van der Waals surface area (Å²) in [6.07, 6.45) is 3.09. The van der Waals surface area contributed by atoms with Gasteiger partial charge in [-0.1, -0.05) is 56.1 Å². The van der Waals surface area contributed by atoms with Gasteiger partial charge in [0.25, 0.3) is 0 Å². The molecule has 112 valence electrons. The summed E-state index contributed by atoms with van der Waals surface area (Å²) in [6, 6.07) is 14.6. The van der Waals surface area contributed by atoms with Crippen LogP contribution in [0, 0.1) is 0 Å². The van der Waals surface area contributed by atoms with Crippen molar-refractivity contribution in [2.45, 2.75) is 0 Å².